The standard InChI is InChI=1S/C11H15NO2S/c1-7-8(2)14-11(12-7)15-10-6-4-3-5-9(10)13/h10H,3-6H2,1-2H3/t10-/m1/s1. The Morgan fingerprint density at radius 3 is 2.80 bits per heavy atom. The lowest BCUT2D eigenvalue weighted by Gasteiger charge is -2.17. The lowest BCUT2D eigenvalue weighted by molar-refractivity contribution is -0.119. The van der Waals surface area contributed by atoms with Crippen LogP contribution in [0.3, 0.4) is 0 Å². The number of thioether (sulfide) groups is 1. The first-order valence-electron chi connectivity index (χ1n) is 5.30. The molecule has 0 spiro atoms. The molecule has 1 aliphatic carbocycles. The van der Waals surface area contributed by atoms with E-state index >= 15 is 0 Å². The van der Waals surface area contributed by atoms with Crippen LogP contribution in [0.4, 0.5) is 0 Å². The Labute approximate surface area is 93.6 Å². The summed E-state index contributed by atoms with van der Waals surface area (Å²) in [6, 6.07) is 0. The van der Waals surface area contributed by atoms with Gasteiger partial charge in [0.25, 0.3) is 5.22 Å². The molecule has 0 aromatic carbocycles. The summed E-state index contributed by atoms with van der Waals surface area (Å²) in [7, 11) is 0. The predicted molar refractivity (Wildman–Crippen MR) is 59.1 cm³/mol. The fourth-order valence-corrected chi connectivity index (χ4v) is 2.83. The van der Waals surface area contributed by atoms with Crippen molar-refractivity contribution in [2.24, 2.45) is 0 Å². The zero-order valence-electron chi connectivity index (χ0n) is 9.08. The first kappa shape index (κ1) is 10.7. The van der Waals surface area contributed by atoms with Crippen molar-refractivity contribution in [2.75, 3.05) is 0 Å². The summed E-state index contributed by atoms with van der Waals surface area (Å²) in [6.45, 7) is 3.82. The summed E-state index contributed by atoms with van der Waals surface area (Å²) in [5.41, 5.74) is 0.917. The van der Waals surface area contributed by atoms with Crippen LogP contribution in [-0.4, -0.2) is 16.0 Å². The number of nitrogens with zero attached hydrogens (tertiary/aromatic N) is 1. The van der Waals surface area contributed by atoms with Crippen molar-refractivity contribution in [3.05, 3.63) is 11.5 Å². The fraction of sp³-hybridized carbons (Fsp3) is 0.636. The number of hydrogen-bond donors (Lipinski definition) is 0. The van der Waals surface area contributed by atoms with Crippen LogP contribution in [-0.2, 0) is 4.79 Å². The first-order valence-corrected chi connectivity index (χ1v) is 6.18. The highest BCUT2D eigenvalue weighted by Crippen LogP contribution is 2.31. The van der Waals surface area contributed by atoms with Gasteiger partial charge in [-0.1, -0.05) is 18.2 Å². The number of rotatable bonds is 2. The van der Waals surface area contributed by atoms with Crippen LogP contribution in [0, 0.1) is 13.8 Å². The third-order valence-electron chi connectivity index (χ3n) is 2.75. The minimum absolute atomic E-state index is 0.0659. The number of ketones is 1. The normalized spacial score (nSPS) is 22.0. The van der Waals surface area contributed by atoms with Crippen molar-refractivity contribution in [1.29, 1.82) is 0 Å². The van der Waals surface area contributed by atoms with Crippen molar-refractivity contribution in [3.63, 3.8) is 0 Å². The lowest BCUT2D eigenvalue weighted by atomic mass is 9.99. The molecule has 1 saturated carbocycles. The largest absolute Gasteiger partial charge is 0.437 e. The molecule has 4 heteroatoms. The Bertz CT molecular complexity index is 353. The average molecular weight is 225 g/mol. The molecule has 0 saturated heterocycles. The molecule has 0 radical (unpaired) electrons. The lowest BCUT2D eigenvalue weighted by Crippen LogP contribution is -2.21. The number of hydrogen-bond acceptors (Lipinski definition) is 4. The molecule has 1 fully saturated rings. The Hall–Kier alpha value is -0.770. The van der Waals surface area contributed by atoms with Gasteiger partial charge in [0.1, 0.15) is 11.5 Å². The third kappa shape index (κ3) is 2.43. The molecule has 3 nitrogen and oxygen atoms in total. The van der Waals surface area contributed by atoms with Crippen LogP contribution in [0.2, 0.25) is 0 Å². The van der Waals surface area contributed by atoms with Gasteiger partial charge in [-0.25, -0.2) is 4.98 Å². The van der Waals surface area contributed by atoms with Gasteiger partial charge in [-0.3, -0.25) is 4.79 Å². The van der Waals surface area contributed by atoms with Crippen LogP contribution in [0.15, 0.2) is 9.64 Å². The summed E-state index contributed by atoms with van der Waals surface area (Å²) in [6.07, 6.45) is 3.86. The molecule has 0 amide bonds. The van der Waals surface area contributed by atoms with Gasteiger partial charge < -0.3 is 4.42 Å². The van der Waals surface area contributed by atoms with Crippen LogP contribution >= 0.6 is 11.8 Å². The van der Waals surface area contributed by atoms with Crippen LogP contribution in [0.25, 0.3) is 0 Å². The molecule has 1 aromatic rings. The minimum atomic E-state index is 0.0659. The van der Waals surface area contributed by atoms with E-state index in [0.29, 0.717) is 11.0 Å². The molecule has 1 atom stereocenters. The smallest absolute Gasteiger partial charge is 0.256 e. The first-order chi connectivity index (χ1) is 7.16. The van der Waals surface area contributed by atoms with Crippen LogP contribution in [0.1, 0.15) is 37.1 Å². The maximum Gasteiger partial charge on any atom is 0.256 e. The second-order valence-electron chi connectivity index (χ2n) is 3.94. The number of aromatic nitrogens is 1. The van der Waals surface area contributed by atoms with E-state index in [1.54, 1.807) is 0 Å². The maximum absolute atomic E-state index is 11.6. The quantitative estimate of drug-likeness (QED) is 0.776. The molecule has 82 valence electrons. The molecule has 1 aromatic heterocycles. The van der Waals surface area contributed by atoms with Crippen molar-refractivity contribution >= 4 is 17.5 Å². The molecular weight excluding hydrogens is 210 g/mol. The second kappa shape index (κ2) is 4.39. The van der Waals surface area contributed by atoms with E-state index in [9.17, 15) is 4.79 Å². The number of carbonyl (C=O) groups excluding carboxylic acids is 1. The summed E-state index contributed by atoms with van der Waals surface area (Å²) < 4.78 is 5.46. The third-order valence-corrected chi connectivity index (χ3v) is 3.91. The fourth-order valence-electron chi connectivity index (χ4n) is 1.69. The zero-order chi connectivity index (χ0) is 10.8. The number of Topliss-reactive ketones (excluding diaryl/α,β-unsaturated/α-hetero) is 1. The van der Waals surface area contributed by atoms with E-state index in [4.69, 9.17) is 4.42 Å². The highest BCUT2D eigenvalue weighted by Gasteiger charge is 2.25. The SMILES string of the molecule is Cc1nc(S[C@@H]2CCCCC2=O)oc1C. The van der Waals surface area contributed by atoms with E-state index in [1.165, 1.54) is 11.8 Å². The maximum atomic E-state index is 11.6. The predicted octanol–water partition coefficient (Wildman–Crippen LogP) is 2.90. The van der Waals surface area contributed by atoms with E-state index in [-0.39, 0.29) is 5.25 Å². The summed E-state index contributed by atoms with van der Waals surface area (Å²) in [5.74, 6) is 1.19. The minimum Gasteiger partial charge on any atom is -0.437 e. The van der Waals surface area contributed by atoms with Crippen molar-refractivity contribution in [2.45, 2.75) is 50.0 Å². The molecule has 0 bridgehead atoms. The highest BCUT2D eigenvalue weighted by molar-refractivity contribution is 8.00. The topological polar surface area (TPSA) is 43.1 Å². The zero-order valence-corrected chi connectivity index (χ0v) is 9.89. The van der Waals surface area contributed by atoms with Gasteiger partial charge in [0.2, 0.25) is 0 Å². The summed E-state index contributed by atoms with van der Waals surface area (Å²) in [4.78, 5) is 15.9. The molecule has 0 aliphatic heterocycles. The van der Waals surface area contributed by atoms with Gasteiger partial charge in [0.15, 0.2) is 0 Å². The molecule has 1 aliphatic rings. The molecule has 0 unspecified atom stereocenters. The molecule has 1 heterocycles. The van der Waals surface area contributed by atoms with Gasteiger partial charge in [0, 0.05) is 6.42 Å². The van der Waals surface area contributed by atoms with Gasteiger partial charge in [0.05, 0.1) is 10.9 Å². The Balaban J connectivity index is 2.04. The number of carbonyl (C=O) groups is 1. The van der Waals surface area contributed by atoms with E-state index in [0.717, 1.165) is 37.1 Å². The van der Waals surface area contributed by atoms with Gasteiger partial charge in [-0.15, -0.1) is 0 Å². The van der Waals surface area contributed by atoms with Gasteiger partial charge in [-0.2, -0.15) is 0 Å². The monoisotopic (exact) mass is 225 g/mol. The van der Waals surface area contributed by atoms with Crippen molar-refractivity contribution in [1.82, 2.24) is 4.98 Å². The highest BCUT2D eigenvalue weighted by atomic mass is 32.2. The van der Waals surface area contributed by atoms with E-state index < -0.39 is 0 Å². The molecular formula is C11H15NO2S. The average Bonchev–Trinajstić information content (AvgIpc) is 2.50. The second-order valence-corrected chi connectivity index (χ2v) is 5.09. The molecule has 15 heavy (non-hydrogen) atoms. The number of aryl methyl sites for hydroxylation is 2. The van der Waals surface area contributed by atoms with Crippen LogP contribution in [0.5, 0.6) is 0 Å². The number of oxazole rings is 1. The molecule has 0 N–H and O–H groups in total. The van der Waals surface area contributed by atoms with Crippen molar-refractivity contribution < 1.29 is 9.21 Å². The molecule has 2 rings (SSSR count). The summed E-state index contributed by atoms with van der Waals surface area (Å²) >= 11 is 1.48. The van der Waals surface area contributed by atoms with E-state index in [2.05, 4.69) is 4.98 Å². The van der Waals surface area contributed by atoms with Crippen molar-refractivity contribution in [3.8, 4) is 0 Å². The Morgan fingerprint density at radius 1 is 1.40 bits per heavy atom. The summed E-state index contributed by atoms with van der Waals surface area (Å²) in [5, 5.41) is 0.710. The van der Waals surface area contributed by atoms with Gasteiger partial charge in [-0.05, 0) is 26.7 Å². The van der Waals surface area contributed by atoms with E-state index in [1.807, 2.05) is 13.8 Å². The Kier molecular flexibility index (Phi) is 3.14. The Morgan fingerprint density at radius 2 is 2.20 bits per heavy atom. The van der Waals surface area contributed by atoms with Gasteiger partial charge >= 0.3 is 0 Å². The van der Waals surface area contributed by atoms with Crippen LogP contribution < -0.4 is 0 Å².